The number of methoxy groups -OCH3 is 1. The molecular formula is C29H25N4O5P. The first kappa shape index (κ1) is 25.9. The van der Waals surface area contributed by atoms with Crippen molar-refractivity contribution in [2.45, 2.75) is 0 Å². The molecule has 0 aliphatic carbocycles. The predicted molar refractivity (Wildman–Crippen MR) is 154 cm³/mol. The number of rotatable bonds is 5. The molecule has 39 heavy (non-hydrogen) atoms. The highest BCUT2D eigenvalue weighted by Gasteiger charge is 2.31. The fraction of sp³-hybridized carbons (Fsp3) is 0.103. The second-order valence-electron chi connectivity index (χ2n) is 8.84. The molecule has 0 aliphatic rings. The molecule has 0 saturated heterocycles. The molecule has 2 aromatic heterocycles. The summed E-state index contributed by atoms with van der Waals surface area (Å²) < 4.78 is 12.2. The molecule has 0 atom stereocenters. The summed E-state index contributed by atoms with van der Waals surface area (Å²) in [6, 6.07) is 28.9. The molecule has 0 unspecified atom stereocenters. The van der Waals surface area contributed by atoms with Crippen LogP contribution in [0.15, 0.2) is 110 Å². The molecule has 0 aliphatic heterocycles. The van der Waals surface area contributed by atoms with Gasteiger partial charge in [0.25, 0.3) is 5.56 Å². The molecule has 9 nitrogen and oxygen atoms in total. The predicted octanol–water partition coefficient (Wildman–Crippen LogP) is 2.52. The SMILES string of the molecule is COC(=O)c1c(N=P(c2ccccc2)(c2ccccc2)c2ccccc2)[nH]c2c(c1=O)c(=O)n(C)c(=O)n2C. The van der Waals surface area contributed by atoms with Crippen molar-refractivity contribution < 1.29 is 9.53 Å². The summed E-state index contributed by atoms with van der Waals surface area (Å²) in [4.78, 5) is 55.6. The van der Waals surface area contributed by atoms with E-state index in [1.165, 1.54) is 14.1 Å². The van der Waals surface area contributed by atoms with Gasteiger partial charge in [-0.25, -0.2) is 14.3 Å². The number of hydrogen-bond acceptors (Lipinski definition) is 6. The second kappa shape index (κ2) is 10.2. The van der Waals surface area contributed by atoms with Crippen LogP contribution in [0.2, 0.25) is 0 Å². The molecule has 0 radical (unpaired) electrons. The number of benzene rings is 3. The number of carbonyl (C=O) groups is 1. The van der Waals surface area contributed by atoms with Crippen LogP contribution in [-0.4, -0.2) is 27.2 Å². The Morgan fingerprint density at radius 3 is 1.67 bits per heavy atom. The molecule has 2 heterocycles. The molecule has 1 N–H and O–H groups in total. The van der Waals surface area contributed by atoms with E-state index in [1.54, 1.807) is 0 Å². The smallest absolute Gasteiger partial charge is 0.345 e. The van der Waals surface area contributed by atoms with Gasteiger partial charge in [-0.1, -0.05) is 91.0 Å². The van der Waals surface area contributed by atoms with Crippen molar-refractivity contribution in [3.05, 3.63) is 128 Å². The fourth-order valence-corrected chi connectivity index (χ4v) is 8.17. The third-order valence-corrected chi connectivity index (χ3v) is 10.3. The summed E-state index contributed by atoms with van der Waals surface area (Å²) >= 11 is 0. The number of aromatic amines is 1. The first-order valence-electron chi connectivity index (χ1n) is 12.0. The molecule has 0 saturated carbocycles. The monoisotopic (exact) mass is 540 g/mol. The van der Waals surface area contributed by atoms with Gasteiger partial charge >= 0.3 is 11.7 Å². The van der Waals surface area contributed by atoms with Crippen molar-refractivity contribution in [1.29, 1.82) is 0 Å². The third kappa shape index (κ3) is 4.17. The third-order valence-electron chi connectivity index (χ3n) is 6.62. The minimum Gasteiger partial charge on any atom is -0.465 e. The Hall–Kier alpha value is -4.75. The van der Waals surface area contributed by atoms with Crippen LogP contribution in [0.4, 0.5) is 5.82 Å². The Labute approximate surface area is 223 Å². The lowest BCUT2D eigenvalue weighted by Crippen LogP contribution is -2.40. The Bertz CT molecular complexity index is 1840. The molecule has 196 valence electrons. The first-order chi connectivity index (χ1) is 18.8. The van der Waals surface area contributed by atoms with E-state index in [2.05, 4.69) is 4.98 Å². The van der Waals surface area contributed by atoms with Crippen LogP contribution in [0.3, 0.4) is 0 Å². The standard InChI is InChI=1S/C29H25N4O5P/c1-32-26-23(27(35)33(2)29(32)37)24(34)22(28(36)38-3)25(30-26)31-39(19-13-7-4-8-14-19,20-15-9-5-10-16-20)21-17-11-6-12-18-21/h4-18H,1-3H3,(H,30,34). The number of aryl methyl sites for hydroxylation is 1. The number of nitrogens with one attached hydrogen (secondary N) is 1. The topological polar surface area (TPSA) is 116 Å². The molecule has 0 bridgehead atoms. The summed E-state index contributed by atoms with van der Waals surface area (Å²) in [6.07, 6.45) is 0. The fourth-order valence-electron chi connectivity index (χ4n) is 4.67. The van der Waals surface area contributed by atoms with Crippen LogP contribution in [0.1, 0.15) is 10.4 Å². The summed E-state index contributed by atoms with van der Waals surface area (Å²) in [5.74, 6) is -1.02. The van der Waals surface area contributed by atoms with Crippen LogP contribution >= 0.6 is 7.05 Å². The van der Waals surface area contributed by atoms with E-state index in [9.17, 15) is 19.2 Å². The van der Waals surface area contributed by atoms with E-state index >= 15 is 0 Å². The normalized spacial score (nSPS) is 11.4. The van der Waals surface area contributed by atoms with Crippen LogP contribution < -0.4 is 32.6 Å². The highest BCUT2D eigenvalue weighted by atomic mass is 31.2. The Kier molecular flexibility index (Phi) is 6.76. The number of hydrogen-bond donors (Lipinski definition) is 1. The van der Waals surface area contributed by atoms with Crippen molar-refractivity contribution in [1.82, 2.24) is 14.1 Å². The number of esters is 1. The summed E-state index contributed by atoms with van der Waals surface area (Å²) in [5, 5.41) is 2.29. The zero-order chi connectivity index (χ0) is 27.7. The van der Waals surface area contributed by atoms with Gasteiger partial charge in [-0.3, -0.25) is 18.7 Å². The van der Waals surface area contributed by atoms with Gasteiger partial charge in [0.05, 0.1) is 14.2 Å². The Morgan fingerprint density at radius 2 is 1.23 bits per heavy atom. The summed E-state index contributed by atoms with van der Waals surface area (Å²) in [6.45, 7) is 0. The number of carbonyl (C=O) groups excluding carboxylic acids is 1. The number of fused-ring (bicyclic) bond motifs is 1. The maximum Gasteiger partial charge on any atom is 0.345 e. The van der Waals surface area contributed by atoms with E-state index in [0.29, 0.717) is 0 Å². The van der Waals surface area contributed by atoms with Crippen LogP contribution in [0, 0.1) is 0 Å². The average Bonchev–Trinajstić information content (AvgIpc) is 2.98. The molecule has 0 spiro atoms. The minimum atomic E-state index is -2.92. The Balaban J connectivity index is 2.07. The van der Waals surface area contributed by atoms with E-state index in [1.807, 2.05) is 91.0 Å². The van der Waals surface area contributed by atoms with Crippen molar-refractivity contribution in [2.75, 3.05) is 7.11 Å². The van der Waals surface area contributed by atoms with Crippen molar-refractivity contribution in [3.8, 4) is 0 Å². The number of nitrogens with zero attached hydrogens (tertiary/aromatic N) is 3. The number of H-pyrrole nitrogens is 1. The van der Waals surface area contributed by atoms with Gasteiger partial charge in [-0.05, 0) is 0 Å². The summed E-state index contributed by atoms with van der Waals surface area (Å²) in [5.41, 5.74) is -2.76. The minimum absolute atomic E-state index is 0.0354. The first-order valence-corrected chi connectivity index (χ1v) is 13.8. The van der Waals surface area contributed by atoms with Crippen LogP contribution in [0.25, 0.3) is 11.0 Å². The molecule has 5 aromatic rings. The maximum atomic E-state index is 13.8. The van der Waals surface area contributed by atoms with Crippen LogP contribution in [0.5, 0.6) is 0 Å². The molecular weight excluding hydrogens is 515 g/mol. The quantitative estimate of drug-likeness (QED) is 0.272. The van der Waals surface area contributed by atoms with Gasteiger partial charge in [0.2, 0.25) is 5.43 Å². The van der Waals surface area contributed by atoms with Gasteiger partial charge in [0, 0.05) is 30.0 Å². The zero-order valence-electron chi connectivity index (χ0n) is 21.5. The lowest BCUT2D eigenvalue weighted by atomic mass is 10.2. The average molecular weight is 541 g/mol. The number of pyridine rings is 1. The molecule has 10 heteroatoms. The maximum absolute atomic E-state index is 13.8. The lowest BCUT2D eigenvalue weighted by Gasteiger charge is -2.27. The van der Waals surface area contributed by atoms with Crippen LogP contribution in [-0.2, 0) is 18.8 Å². The number of aromatic nitrogens is 3. The van der Waals surface area contributed by atoms with Gasteiger partial charge in [-0.15, -0.1) is 0 Å². The van der Waals surface area contributed by atoms with Crippen molar-refractivity contribution in [2.24, 2.45) is 18.8 Å². The molecule has 5 rings (SSSR count). The largest absolute Gasteiger partial charge is 0.465 e. The summed E-state index contributed by atoms with van der Waals surface area (Å²) in [7, 11) is 0.948. The van der Waals surface area contributed by atoms with Gasteiger partial charge in [0.15, 0.2) is 5.56 Å². The van der Waals surface area contributed by atoms with Crippen molar-refractivity contribution >= 4 is 45.8 Å². The van der Waals surface area contributed by atoms with E-state index in [-0.39, 0.29) is 16.9 Å². The molecule has 3 aromatic carbocycles. The van der Waals surface area contributed by atoms with Gasteiger partial charge < -0.3 is 9.72 Å². The van der Waals surface area contributed by atoms with Gasteiger partial charge in [-0.2, -0.15) is 0 Å². The van der Waals surface area contributed by atoms with E-state index in [4.69, 9.17) is 9.48 Å². The highest BCUT2D eigenvalue weighted by molar-refractivity contribution is 7.87. The van der Waals surface area contributed by atoms with Crippen molar-refractivity contribution in [3.63, 3.8) is 0 Å². The lowest BCUT2D eigenvalue weighted by molar-refractivity contribution is 0.0600. The van der Waals surface area contributed by atoms with Gasteiger partial charge in [0.1, 0.15) is 16.9 Å². The molecule has 0 fully saturated rings. The number of ether oxygens (including phenoxy) is 1. The molecule has 0 amide bonds. The van der Waals surface area contributed by atoms with E-state index in [0.717, 1.165) is 32.2 Å². The highest BCUT2D eigenvalue weighted by Crippen LogP contribution is 2.49. The van der Waals surface area contributed by atoms with E-state index < -0.39 is 35.3 Å². The zero-order valence-corrected chi connectivity index (χ0v) is 22.4. The second-order valence-corrected chi connectivity index (χ2v) is 11.9. The Morgan fingerprint density at radius 1 is 0.769 bits per heavy atom.